The van der Waals surface area contributed by atoms with Crippen LogP contribution in [0.1, 0.15) is 64.0 Å². The summed E-state index contributed by atoms with van der Waals surface area (Å²) >= 11 is 0.777. The number of hydrogen-bond donors (Lipinski definition) is 3. The molecule has 1 fully saturated rings. The van der Waals surface area contributed by atoms with Crippen LogP contribution in [0.15, 0.2) is 48.5 Å². The monoisotopic (exact) mass is 551 g/mol. The molecular formula is C28H33N5O5S. The van der Waals surface area contributed by atoms with Crippen molar-refractivity contribution in [3.05, 3.63) is 70.2 Å². The second kappa shape index (κ2) is 12.7. The van der Waals surface area contributed by atoms with Gasteiger partial charge in [-0.2, -0.15) is 4.37 Å². The van der Waals surface area contributed by atoms with Gasteiger partial charge < -0.3 is 26.3 Å². The second-order valence-electron chi connectivity index (χ2n) is 9.08. The fraction of sp³-hybridized carbons (Fsp3) is 0.357. The van der Waals surface area contributed by atoms with Gasteiger partial charge in [0.15, 0.2) is 5.69 Å². The summed E-state index contributed by atoms with van der Waals surface area (Å²) < 4.78 is 15.3. The van der Waals surface area contributed by atoms with E-state index in [1.54, 1.807) is 36.4 Å². The van der Waals surface area contributed by atoms with E-state index in [0.29, 0.717) is 43.2 Å². The molecule has 0 saturated carbocycles. The highest BCUT2D eigenvalue weighted by molar-refractivity contribution is 7.09. The lowest BCUT2D eigenvalue weighted by molar-refractivity contribution is -0.123. The minimum atomic E-state index is -1.07. The number of rotatable bonds is 11. The van der Waals surface area contributed by atoms with Crippen molar-refractivity contribution >= 4 is 40.6 Å². The number of nitrogen functional groups attached to an aromatic ring is 1. The van der Waals surface area contributed by atoms with E-state index in [-0.39, 0.29) is 28.3 Å². The Kier molecular flexibility index (Phi) is 9.15. The molecule has 10 nitrogen and oxygen atoms in total. The summed E-state index contributed by atoms with van der Waals surface area (Å²) in [7, 11) is 0. The standard InChI is InChI=1S/C28H33N5O5S/c1-3-17-8-5-6-10-21(17)33(28(36)25-22(29)23(26(30)34)32-39-25)24(18-11-13-19(14-12-18)37-4-2)27(35)31-16-20-9-7-15-38-20/h5-6,8,10-14,20,24H,3-4,7,9,15-16,29H2,1-2H3,(H2,30,34)(H,31,35)/t20-,24+/m0/s1. The van der Waals surface area contributed by atoms with Crippen LogP contribution in [-0.2, 0) is 16.0 Å². The van der Waals surface area contributed by atoms with Crippen molar-refractivity contribution in [3.8, 4) is 5.75 Å². The van der Waals surface area contributed by atoms with Crippen LogP contribution in [0, 0.1) is 0 Å². The number of nitrogens with zero attached hydrogens (tertiary/aromatic N) is 2. The molecule has 1 saturated heterocycles. The number of aromatic nitrogens is 1. The highest BCUT2D eigenvalue weighted by atomic mass is 32.1. The number of benzene rings is 2. The first kappa shape index (κ1) is 28.1. The normalized spacial score (nSPS) is 15.5. The topological polar surface area (TPSA) is 150 Å². The maximum Gasteiger partial charge on any atom is 0.273 e. The highest BCUT2D eigenvalue weighted by Gasteiger charge is 2.37. The quantitative estimate of drug-likeness (QED) is 0.330. The van der Waals surface area contributed by atoms with Crippen molar-refractivity contribution in [2.24, 2.45) is 5.73 Å². The number of carbonyl (C=O) groups is 3. The molecule has 3 amide bonds. The summed E-state index contributed by atoms with van der Waals surface area (Å²) in [6, 6.07) is 13.4. The van der Waals surface area contributed by atoms with Crippen LogP contribution in [0.25, 0.3) is 0 Å². The van der Waals surface area contributed by atoms with Crippen molar-refractivity contribution in [2.45, 2.75) is 45.3 Å². The third-order valence-corrected chi connectivity index (χ3v) is 7.40. The molecule has 1 aromatic heterocycles. The van der Waals surface area contributed by atoms with Gasteiger partial charge in [0.2, 0.25) is 5.91 Å². The Balaban J connectivity index is 1.84. The fourth-order valence-electron chi connectivity index (χ4n) is 4.60. The van der Waals surface area contributed by atoms with Crippen LogP contribution in [0.5, 0.6) is 5.75 Å². The van der Waals surface area contributed by atoms with Crippen LogP contribution in [-0.4, -0.2) is 48.0 Å². The predicted molar refractivity (Wildman–Crippen MR) is 150 cm³/mol. The maximum absolute atomic E-state index is 14.3. The van der Waals surface area contributed by atoms with Gasteiger partial charge >= 0.3 is 0 Å². The van der Waals surface area contributed by atoms with Gasteiger partial charge in [-0.05, 0) is 67.0 Å². The minimum Gasteiger partial charge on any atom is -0.494 e. The Labute approximate surface area is 231 Å². The van der Waals surface area contributed by atoms with Gasteiger partial charge in [-0.15, -0.1) is 0 Å². The molecule has 0 aliphatic carbocycles. The number of aryl methyl sites for hydroxylation is 1. The molecule has 2 atom stereocenters. The van der Waals surface area contributed by atoms with Crippen molar-refractivity contribution in [1.29, 1.82) is 0 Å². The van der Waals surface area contributed by atoms with E-state index in [0.717, 1.165) is 29.9 Å². The molecule has 0 spiro atoms. The minimum absolute atomic E-state index is 0.0255. The van der Waals surface area contributed by atoms with E-state index in [1.807, 2.05) is 26.0 Å². The number of amides is 3. The molecule has 5 N–H and O–H groups in total. The van der Waals surface area contributed by atoms with E-state index in [2.05, 4.69) is 9.69 Å². The SMILES string of the molecule is CCOc1ccc([C@H](C(=O)NC[C@@H]2CCCO2)N(C(=O)c2snc(C(N)=O)c2N)c2ccccc2CC)cc1. The lowest BCUT2D eigenvalue weighted by Gasteiger charge is -2.33. The molecule has 2 aromatic carbocycles. The summed E-state index contributed by atoms with van der Waals surface area (Å²) in [6.45, 7) is 5.32. The third kappa shape index (κ3) is 6.21. The van der Waals surface area contributed by atoms with Crippen molar-refractivity contribution in [1.82, 2.24) is 9.69 Å². The van der Waals surface area contributed by atoms with Crippen LogP contribution >= 0.6 is 11.5 Å². The van der Waals surface area contributed by atoms with Crippen molar-refractivity contribution in [2.75, 3.05) is 30.4 Å². The summed E-state index contributed by atoms with van der Waals surface area (Å²) in [5, 5.41) is 2.99. The zero-order valence-corrected chi connectivity index (χ0v) is 22.8. The maximum atomic E-state index is 14.3. The average molecular weight is 552 g/mol. The molecule has 2 heterocycles. The highest BCUT2D eigenvalue weighted by Crippen LogP contribution is 2.35. The number of ether oxygens (including phenoxy) is 2. The first-order valence-corrected chi connectivity index (χ1v) is 13.7. The number of nitrogens with one attached hydrogen (secondary N) is 1. The van der Waals surface area contributed by atoms with Gasteiger partial charge in [0.25, 0.3) is 11.8 Å². The largest absolute Gasteiger partial charge is 0.494 e. The molecular weight excluding hydrogens is 518 g/mol. The Morgan fingerprint density at radius 2 is 1.92 bits per heavy atom. The van der Waals surface area contributed by atoms with Crippen LogP contribution in [0.4, 0.5) is 11.4 Å². The molecule has 1 aliphatic rings. The molecule has 1 aliphatic heterocycles. The van der Waals surface area contributed by atoms with Crippen LogP contribution in [0.2, 0.25) is 0 Å². The van der Waals surface area contributed by atoms with Gasteiger partial charge in [-0.3, -0.25) is 19.3 Å². The Bertz CT molecular complexity index is 1320. The number of primary amides is 1. The van der Waals surface area contributed by atoms with Gasteiger partial charge in [-0.1, -0.05) is 37.3 Å². The number of para-hydroxylation sites is 1. The van der Waals surface area contributed by atoms with E-state index in [4.69, 9.17) is 20.9 Å². The third-order valence-electron chi connectivity index (χ3n) is 6.55. The first-order valence-electron chi connectivity index (χ1n) is 12.9. The molecule has 4 rings (SSSR count). The number of hydrogen-bond acceptors (Lipinski definition) is 8. The Morgan fingerprint density at radius 1 is 1.18 bits per heavy atom. The lowest BCUT2D eigenvalue weighted by atomic mass is 10.00. The lowest BCUT2D eigenvalue weighted by Crippen LogP contribution is -2.46. The molecule has 0 bridgehead atoms. The molecule has 0 unspecified atom stereocenters. The predicted octanol–water partition coefficient (Wildman–Crippen LogP) is 3.47. The van der Waals surface area contributed by atoms with Gasteiger partial charge in [0, 0.05) is 18.8 Å². The Hall–Kier alpha value is -3.96. The van der Waals surface area contributed by atoms with E-state index in [9.17, 15) is 14.4 Å². The number of anilines is 2. The smallest absolute Gasteiger partial charge is 0.273 e. The van der Waals surface area contributed by atoms with E-state index < -0.39 is 17.9 Å². The molecule has 3 aromatic rings. The van der Waals surface area contributed by atoms with Crippen molar-refractivity contribution < 1.29 is 23.9 Å². The Morgan fingerprint density at radius 3 is 2.54 bits per heavy atom. The van der Waals surface area contributed by atoms with E-state index in [1.165, 1.54) is 4.90 Å². The average Bonchev–Trinajstić information content (AvgIpc) is 3.60. The summed E-state index contributed by atoms with van der Waals surface area (Å²) in [6.07, 6.45) is 2.31. The molecule has 39 heavy (non-hydrogen) atoms. The second-order valence-corrected chi connectivity index (χ2v) is 9.85. The number of carbonyl (C=O) groups excluding carboxylic acids is 3. The number of nitrogens with two attached hydrogens (primary N) is 2. The molecule has 11 heteroatoms. The van der Waals surface area contributed by atoms with Gasteiger partial charge in [0.1, 0.15) is 16.7 Å². The van der Waals surface area contributed by atoms with E-state index >= 15 is 0 Å². The van der Waals surface area contributed by atoms with Crippen molar-refractivity contribution in [3.63, 3.8) is 0 Å². The first-order chi connectivity index (χ1) is 18.8. The fourth-order valence-corrected chi connectivity index (χ4v) is 5.34. The van der Waals surface area contributed by atoms with Crippen LogP contribution < -0.4 is 26.4 Å². The summed E-state index contributed by atoms with van der Waals surface area (Å²) in [4.78, 5) is 41.5. The summed E-state index contributed by atoms with van der Waals surface area (Å²) in [5.41, 5.74) is 13.3. The summed E-state index contributed by atoms with van der Waals surface area (Å²) in [5.74, 6) is -1.14. The van der Waals surface area contributed by atoms with Gasteiger partial charge in [-0.25, -0.2) is 0 Å². The molecule has 0 radical (unpaired) electrons. The van der Waals surface area contributed by atoms with Gasteiger partial charge in [0.05, 0.1) is 18.4 Å². The van der Waals surface area contributed by atoms with Crippen LogP contribution in [0.3, 0.4) is 0 Å². The zero-order valence-electron chi connectivity index (χ0n) is 22.0. The zero-order chi connectivity index (χ0) is 27.9. The molecule has 206 valence electrons.